The first-order valence-corrected chi connectivity index (χ1v) is 6.35. The number of aromatic nitrogens is 1. The Hall–Kier alpha value is -1.94. The number of pyridine rings is 1. The zero-order chi connectivity index (χ0) is 13.4. The molecule has 0 radical (unpaired) electrons. The molecule has 1 unspecified atom stereocenters. The molecule has 0 saturated heterocycles. The highest BCUT2D eigenvalue weighted by Gasteiger charge is 2.21. The Morgan fingerprint density at radius 1 is 1.32 bits per heavy atom. The summed E-state index contributed by atoms with van der Waals surface area (Å²) in [5.74, 6) is -0.223. The minimum absolute atomic E-state index is 0.223. The zero-order valence-electron chi connectivity index (χ0n) is 10.7. The molecule has 0 saturated carbocycles. The first kappa shape index (κ1) is 12.1. The van der Waals surface area contributed by atoms with Crippen molar-refractivity contribution in [1.29, 1.82) is 0 Å². The lowest BCUT2D eigenvalue weighted by Crippen LogP contribution is -2.13. The molecule has 98 valence electrons. The van der Waals surface area contributed by atoms with E-state index in [9.17, 15) is 9.50 Å². The molecular weight excluding hydrogens is 243 g/mol. The Balaban J connectivity index is 1.95. The highest BCUT2D eigenvalue weighted by molar-refractivity contribution is 5.69. The highest BCUT2D eigenvalue weighted by Crippen LogP contribution is 2.34. The van der Waals surface area contributed by atoms with Gasteiger partial charge in [0.25, 0.3) is 0 Å². The standard InChI is InChI=1S/C15H15FN2O/c1-10(19)14-5-4-13(9-17-14)18-7-6-11-2-3-12(16)8-15(11)18/h2-5,8-10,19H,6-7H2,1H3. The maximum atomic E-state index is 13.3. The van der Waals surface area contributed by atoms with Crippen LogP contribution >= 0.6 is 0 Å². The SMILES string of the molecule is CC(O)c1ccc(N2CCc3ccc(F)cc32)cn1. The zero-order valence-corrected chi connectivity index (χ0v) is 10.7. The second-order valence-electron chi connectivity index (χ2n) is 4.79. The van der Waals surface area contributed by atoms with Crippen LogP contribution in [0, 0.1) is 5.82 Å². The minimum Gasteiger partial charge on any atom is -0.387 e. The number of fused-ring (bicyclic) bond motifs is 1. The van der Waals surface area contributed by atoms with Crippen molar-refractivity contribution in [3.63, 3.8) is 0 Å². The number of benzene rings is 1. The maximum absolute atomic E-state index is 13.3. The fourth-order valence-corrected chi connectivity index (χ4v) is 2.42. The molecular formula is C15H15FN2O. The van der Waals surface area contributed by atoms with Crippen molar-refractivity contribution < 1.29 is 9.50 Å². The van der Waals surface area contributed by atoms with Crippen LogP contribution in [-0.4, -0.2) is 16.6 Å². The lowest BCUT2D eigenvalue weighted by Gasteiger charge is -2.19. The van der Waals surface area contributed by atoms with Gasteiger partial charge in [-0.2, -0.15) is 0 Å². The van der Waals surface area contributed by atoms with E-state index in [1.807, 2.05) is 12.1 Å². The molecule has 1 atom stereocenters. The van der Waals surface area contributed by atoms with Gasteiger partial charge in [-0.25, -0.2) is 4.39 Å². The molecule has 4 heteroatoms. The topological polar surface area (TPSA) is 36.4 Å². The highest BCUT2D eigenvalue weighted by atomic mass is 19.1. The molecule has 1 aromatic carbocycles. The average molecular weight is 258 g/mol. The van der Waals surface area contributed by atoms with Crippen LogP contribution in [-0.2, 0) is 6.42 Å². The van der Waals surface area contributed by atoms with Crippen LogP contribution in [0.2, 0.25) is 0 Å². The summed E-state index contributed by atoms with van der Waals surface area (Å²) in [5.41, 5.74) is 3.63. The van der Waals surface area contributed by atoms with E-state index in [1.165, 1.54) is 6.07 Å². The molecule has 2 aromatic rings. The Morgan fingerprint density at radius 2 is 2.16 bits per heavy atom. The second kappa shape index (κ2) is 4.63. The first-order chi connectivity index (χ1) is 9.15. The molecule has 1 aliphatic heterocycles. The van der Waals surface area contributed by atoms with E-state index in [2.05, 4.69) is 9.88 Å². The van der Waals surface area contributed by atoms with E-state index in [0.717, 1.165) is 29.9 Å². The molecule has 0 bridgehead atoms. The van der Waals surface area contributed by atoms with Crippen LogP contribution in [0.25, 0.3) is 0 Å². The van der Waals surface area contributed by atoms with Crippen molar-refractivity contribution in [3.05, 3.63) is 53.6 Å². The Bertz CT molecular complexity index is 596. The van der Waals surface area contributed by atoms with E-state index in [1.54, 1.807) is 25.3 Å². The van der Waals surface area contributed by atoms with E-state index in [4.69, 9.17) is 0 Å². The van der Waals surface area contributed by atoms with Gasteiger partial charge < -0.3 is 10.0 Å². The summed E-state index contributed by atoms with van der Waals surface area (Å²) in [5, 5.41) is 9.45. The summed E-state index contributed by atoms with van der Waals surface area (Å²) < 4.78 is 13.3. The van der Waals surface area contributed by atoms with E-state index >= 15 is 0 Å². The molecule has 0 spiro atoms. The maximum Gasteiger partial charge on any atom is 0.125 e. The number of aliphatic hydroxyl groups is 1. The largest absolute Gasteiger partial charge is 0.387 e. The Kier molecular flexibility index (Phi) is 2.95. The summed E-state index contributed by atoms with van der Waals surface area (Å²) in [6.45, 7) is 2.51. The number of nitrogens with zero attached hydrogens (tertiary/aromatic N) is 2. The van der Waals surface area contributed by atoms with Gasteiger partial charge in [-0.05, 0) is 43.2 Å². The normalized spacial score (nSPS) is 15.4. The number of halogens is 1. The Labute approximate surface area is 111 Å². The summed E-state index contributed by atoms with van der Waals surface area (Å²) in [7, 11) is 0. The van der Waals surface area contributed by atoms with Gasteiger partial charge in [0.05, 0.1) is 23.7 Å². The van der Waals surface area contributed by atoms with Gasteiger partial charge in [0, 0.05) is 12.2 Å². The average Bonchev–Trinajstić information content (AvgIpc) is 2.81. The molecule has 1 aliphatic rings. The molecule has 0 fully saturated rings. The van der Waals surface area contributed by atoms with Crippen LogP contribution in [0.4, 0.5) is 15.8 Å². The van der Waals surface area contributed by atoms with Crippen LogP contribution in [0.15, 0.2) is 36.5 Å². The van der Waals surface area contributed by atoms with Crippen LogP contribution in [0.1, 0.15) is 24.3 Å². The molecule has 2 heterocycles. The van der Waals surface area contributed by atoms with Crippen molar-refractivity contribution in [1.82, 2.24) is 4.98 Å². The molecule has 3 rings (SSSR count). The number of anilines is 2. The van der Waals surface area contributed by atoms with Gasteiger partial charge >= 0.3 is 0 Å². The number of rotatable bonds is 2. The van der Waals surface area contributed by atoms with E-state index < -0.39 is 6.10 Å². The summed E-state index contributed by atoms with van der Waals surface area (Å²) in [4.78, 5) is 6.29. The van der Waals surface area contributed by atoms with E-state index in [0.29, 0.717) is 5.69 Å². The monoisotopic (exact) mass is 258 g/mol. The van der Waals surface area contributed by atoms with Gasteiger partial charge in [0.15, 0.2) is 0 Å². The number of hydrogen-bond acceptors (Lipinski definition) is 3. The lowest BCUT2D eigenvalue weighted by molar-refractivity contribution is 0.194. The first-order valence-electron chi connectivity index (χ1n) is 6.35. The minimum atomic E-state index is -0.572. The molecule has 1 aromatic heterocycles. The summed E-state index contributed by atoms with van der Waals surface area (Å²) >= 11 is 0. The lowest BCUT2D eigenvalue weighted by atomic mass is 10.1. The van der Waals surface area contributed by atoms with Gasteiger partial charge in [-0.1, -0.05) is 6.07 Å². The fourth-order valence-electron chi connectivity index (χ4n) is 2.42. The predicted octanol–water partition coefficient (Wildman–Crippen LogP) is 2.97. The van der Waals surface area contributed by atoms with Crippen LogP contribution in [0.3, 0.4) is 0 Å². The van der Waals surface area contributed by atoms with Gasteiger partial charge in [-0.15, -0.1) is 0 Å². The van der Waals surface area contributed by atoms with Crippen molar-refractivity contribution in [3.8, 4) is 0 Å². The smallest absolute Gasteiger partial charge is 0.125 e. The molecule has 1 N–H and O–H groups in total. The molecule has 19 heavy (non-hydrogen) atoms. The third-order valence-corrected chi connectivity index (χ3v) is 3.45. The van der Waals surface area contributed by atoms with Gasteiger partial charge in [-0.3, -0.25) is 4.98 Å². The van der Waals surface area contributed by atoms with Crippen molar-refractivity contribution in [2.45, 2.75) is 19.4 Å². The summed E-state index contributed by atoms with van der Waals surface area (Å²) in [6.07, 6.45) is 2.06. The van der Waals surface area contributed by atoms with Crippen LogP contribution < -0.4 is 4.90 Å². The molecule has 0 amide bonds. The third kappa shape index (κ3) is 2.19. The number of aliphatic hydroxyl groups excluding tert-OH is 1. The van der Waals surface area contributed by atoms with Gasteiger partial charge in [0.1, 0.15) is 5.82 Å². The Morgan fingerprint density at radius 3 is 2.84 bits per heavy atom. The fraction of sp³-hybridized carbons (Fsp3) is 0.267. The summed E-state index contributed by atoms with van der Waals surface area (Å²) in [6, 6.07) is 8.61. The van der Waals surface area contributed by atoms with Gasteiger partial charge in [0.2, 0.25) is 0 Å². The molecule has 0 aliphatic carbocycles. The van der Waals surface area contributed by atoms with E-state index in [-0.39, 0.29) is 5.82 Å². The quantitative estimate of drug-likeness (QED) is 0.899. The van der Waals surface area contributed by atoms with Crippen molar-refractivity contribution in [2.24, 2.45) is 0 Å². The third-order valence-electron chi connectivity index (χ3n) is 3.45. The van der Waals surface area contributed by atoms with Crippen LogP contribution in [0.5, 0.6) is 0 Å². The second-order valence-corrected chi connectivity index (χ2v) is 4.79. The van der Waals surface area contributed by atoms with Crippen molar-refractivity contribution >= 4 is 11.4 Å². The van der Waals surface area contributed by atoms with Crippen molar-refractivity contribution in [2.75, 3.05) is 11.4 Å². The predicted molar refractivity (Wildman–Crippen MR) is 72.0 cm³/mol. The molecule has 3 nitrogen and oxygen atoms in total. The number of hydrogen-bond donors (Lipinski definition) is 1.